The highest BCUT2D eigenvalue weighted by Gasteiger charge is 2.54. The number of nitrogens with two attached hydrogens (primary N) is 2. The lowest BCUT2D eigenvalue weighted by atomic mass is 10.2. The molecular formula is C18H23N5O2. The van der Waals surface area contributed by atoms with Crippen LogP contribution in [0.1, 0.15) is 0 Å². The Bertz CT molecular complexity index is 792. The molecule has 2 atom stereocenters. The average Bonchev–Trinajstić information content (AvgIpc) is 3.08. The first kappa shape index (κ1) is 16.1. The maximum absolute atomic E-state index is 11.8. The van der Waals surface area contributed by atoms with Crippen LogP contribution in [-0.2, 0) is 0 Å². The Morgan fingerprint density at radius 2 is 1.88 bits per heavy atom. The zero-order valence-electron chi connectivity index (χ0n) is 14.0. The molecule has 0 spiro atoms. The molecule has 7 heteroatoms. The van der Waals surface area contributed by atoms with Crippen LogP contribution in [0, 0.1) is 17.8 Å². The third-order valence-electron chi connectivity index (χ3n) is 5.34. The first-order valence-electron chi connectivity index (χ1n) is 8.66. The van der Waals surface area contributed by atoms with Gasteiger partial charge in [-0.2, -0.15) is 4.98 Å². The number of nitrogens with zero attached hydrogens (tertiary/aromatic N) is 3. The number of piperidine rings is 1. The normalized spacial score (nSPS) is 24.9. The van der Waals surface area contributed by atoms with E-state index in [-0.39, 0.29) is 5.82 Å². The summed E-state index contributed by atoms with van der Waals surface area (Å²) in [5, 5.41) is 0. The van der Waals surface area contributed by atoms with Crippen LogP contribution in [0.4, 0.5) is 5.82 Å². The van der Waals surface area contributed by atoms with Gasteiger partial charge in [0.2, 0.25) is 0 Å². The van der Waals surface area contributed by atoms with Crippen molar-refractivity contribution in [1.82, 2.24) is 14.5 Å². The molecule has 0 amide bonds. The molecule has 2 fully saturated rings. The average molecular weight is 341 g/mol. The first-order valence-corrected chi connectivity index (χ1v) is 8.66. The molecule has 4 N–H and O–H groups in total. The minimum absolute atomic E-state index is 0.221. The Kier molecular flexibility index (Phi) is 4.19. The van der Waals surface area contributed by atoms with Crippen LogP contribution in [0.3, 0.4) is 0 Å². The van der Waals surface area contributed by atoms with Crippen molar-refractivity contribution in [3.8, 4) is 11.4 Å². The predicted octanol–water partition coefficient (Wildman–Crippen LogP) is 0.330. The van der Waals surface area contributed by atoms with Crippen molar-refractivity contribution in [2.45, 2.75) is 0 Å². The number of aromatic nitrogens is 2. The number of fused-ring (bicyclic) bond motifs is 1. The van der Waals surface area contributed by atoms with Gasteiger partial charge in [-0.15, -0.1) is 0 Å². The Balaban J connectivity index is 1.29. The first-order chi connectivity index (χ1) is 12.2. The van der Waals surface area contributed by atoms with Crippen molar-refractivity contribution in [3.05, 3.63) is 47.0 Å². The van der Waals surface area contributed by atoms with Gasteiger partial charge in [-0.25, -0.2) is 4.79 Å². The van der Waals surface area contributed by atoms with Gasteiger partial charge < -0.3 is 16.2 Å². The van der Waals surface area contributed by atoms with Crippen molar-refractivity contribution in [3.63, 3.8) is 0 Å². The fraction of sp³-hybridized carbons (Fsp3) is 0.444. The van der Waals surface area contributed by atoms with E-state index in [0.29, 0.717) is 6.61 Å². The Labute approximate surface area is 146 Å². The van der Waals surface area contributed by atoms with Gasteiger partial charge in [-0.3, -0.25) is 9.47 Å². The summed E-state index contributed by atoms with van der Waals surface area (Å²) < 4.78 is 7.27. The highest BCUT2D eigenvalue weighted by atomic mass is 16.5. The van der Waals surface area contributed by atoms with Crippen molar-refractivity contribution in [2.75, 3.05) is 38.5 Å². The van der Waals surface area contributed by atoms with E-state index in [1.54, 1.807) is 12.3 Å². The number of hydrogen-bond donors (Lipinski definition) is 2. The molecule has 4 rings (SSSR count). The molecule has 1 aliphatic heterocycles. The van der Waals surface area contributed by atoms with Crippen molar-refractivity contribution in [2.24, 2.45) is 23.5 Å². The number of rotatable bonds is 6. The number of anilines is 1. The van der Waals surface area contributed by atoms with E-state index < -0.39 is 5.69 Å². The molecule has 2 aliphatic rings. The molecule has 0 radical (unpaired) electrons. The molecule has 1 saturated carbocycles. The van der Waals surface area contributed by atoms with Gasteiger partial charge in [0, 0.05) is 25.8 Å². The van der Waals surface area contributed by atoms with Gasteiger partial charge in [-0.05, 0) is 54.6 Å². The summed E-state index contributed by atoms with van der Waals surface area (Å²) in [6.07, 6.45) is 1.62. The summed E-state index contributed by atoms with van der Waals surface area (Å²) in [6, 6.07) is 9.01. The number of nitrogen functional groups attached to an aromatic ring is 1. The Hall–Kier alpha value is -2.38. The van der Waals surface area contributed by atoms with Crippen LogP contribution in [0.2, 0.25) is 0 Å². The minimum atomic E-state index is -0.392. The molecule has 0 bridgehead atoms. The van der Waals surface area contributed by atoms with E-state index in [9.17, 15) is 4.79 Å². The molecule has 132 valence electrons. The monoisotopic (exact) mass is 341 g/mol. The fourth-order valence-corrected chi connectivity index (χ4v) is 3.88. The lowest BCUT2D eigenvalue weighted by Gasteiger charge is -2.19. The third kappa shape index (κ3) is 3.25. The minimum Gasteiger partial charge on any atom is -0.492 e. The maximum Gasteiger partial charge on any atom is 0.354 e. The molecule has 2 heterocycles. The fourth-order valence-electron chi connectivity index (χ4n) is 3.88. The van der Waals surface area contributed by atoms with Crippen LogP contribution < -0.4 is 21.9 Å². The SMILES string of the molecule is NCC1C2CN(CCOc3ccc(-n4ccc(N)nc4=O)cc3)CC12. The topological polar surface area (TPSA) is 99.4 Å². The predicted molar refractivity (Wildman–Crippen MR) is 95.7 cm³/mol. The summed E-state index contributed by atoms with van der Waals surface area (Å²) in [4.78, 5) is 18.0. The number of hydrogen-bond acceptors (Lipinski definition) is 6. The van der Waals surface area contributed by atoms with Gasteiger partial charge in [0.15, 0.2) is 0 Å². The maximum atomic E-state index is 11.8. The van der Waals surface area contributed by atoms with Crippen molar-refractivity contribution in [1.29, 1.82) is 0 Å². The molecule has 2 aromatic rings. The van der Waals surface area contributed by atoms with Crippen LogP contribution in [0.5, 0.6) is 5.75 Å². The summed E-state index contributed by atoms with van der Waals surface area (Å²) in [5.41, 5.74) is 11.6. The Morgan fingerprint density at radius 1 is 1.16 bits per heavy atom. The van der Waals surface area contributed by atoms with Gasteiger partial charge in [-0.1, -0.05) is 0 Å². The van der Waals surface area contributed by atoms with E-state index in [1.807, 2.05) is 24.3 Å². The standard InChI is InChI=1S/C18H23N5O2/c19-9-14-15-10-22(11-16(14)15)7-8-25-13-3-1-12(2-4-13)23-6-5-17(20)21-18(23)24/h1-6,14-16H,7-11,19H2,(H2,20,21,24). The quantitative estimate of drug-likeness (QED) is 0.785. The summed E-state index contributed by atoms with van der Waals surface area (Å²) in [5.74, 6) is 3.41. The van der Waals surface area contributed by atoms with Crippen LogP contribution in [-0.4, -0.2) is 47.2 Å². The van der Waals surface area contributed by atoms with Gasteiger partial charge in [0.05, 0.1) is 5.69 Å². The molecule has 7 nitrogen and oxygen atoms in total. The molecular weight excluding hydrogens is 318 g/mol. The lowest BCUT2D eigenvalue weighted by Crippen LogP contribution is -2.30. The number of ether oxygens (including phenoxy) is 1. The lowest BCUT2D eigenvalue weighted by molar-refractivity contribution is 0.216. The number of likely N-dealkylation sites (tertiary alicyclic amines) is 1. The van der Waals surface area contributed by atoms with Crippen LogP contribution >= 0.6 is 0 Å². The highest BCUT2D eigenvalue weighted by Crippen LogP contribution is 2.50. The summed E-state index contributed by atoms with van der Waals surface area (Å²) in [6.45, 7) is 4.74. The van der Waals surface area contributed by atoms with E-state index >= 15 is 0 Å². The van der Waals surface area contributed by atoms with Gasteiger partial charge in [0.25, 0.3) is 0 Å². The summed E-state index contributed by atoms with van der Waals surface area (Å²) in [7, 11) is 0. The second-order valence-corrected chi connectivity index (χ2v) is 6.83. The second-order valence-electron chi connectivity index (χ2n) is 6.83. The molecule has 1 aliphatic carbocycles. The van der Waals surface area contributed by atoms with E-state index in [2.05, 4.69) is 9.88 Å². The van der Waals surface area contributed by atoms with Crippen molar-refractivity contribution < 1.29 is 4.74 Å². The highest BCUT2D eigenvalue weighted by molar-refractivity contribution is 5.38. The number of benzene rings is 1. The molecule has 2 unspecified atom stereocenters. The third-order valence-corrected chi connectivity index (χ3v) is 5.34. The Morgan fingerprint density at radius 3 is 2.52 bits per heavy atom. The van der Waals surface area contributed by atoms with Gasteiger partial charge in [0.1, 0.15) is 18.2 Å². The molecule has 1 aromatic carbocycles. The van der Waals surface area contributed by atoms with Crippen LogP contribution in [0.15, 0.2) is 41.3 Å². The smallest absolute Gasteiger partial charge is 0.354 e. The molecule has 1 saturated heterocycles. The van der Waals surface area contributed by atoms with Crippen LogP contribution in [0.25, 0.3) is 5.69 Å². The van der Waals surface area contributed by atoms with Gasteiger partial charge >= 0.3 is 5.69 Å². The molecule has 25 heavy (non-hydrogen) atoms. The van der Waals surface area contributed by atoms with E-state index in [0.717, 1.165) is 55.4 Å². The largest absolute Gasteiger partial charge is 0.492 e. The zero-order valence-corrected chi connectivity index (χ0v) is 14.0. The van der Waals surface area contributed by atoms with E-state index in [4.69, 9.17) is 16.2 Å². The molecule has 1 aromatic heterocycles. The summed E-state index contributed by atoms with van der Waals surface area (Å²) >= 11 is 0. The zero-order chi connectivity index (χ0) is 17.4. The van der Waals surface area contributed by atoms with Crippen molar-refractivity contribution >= 4 is 5.82 Å². The van der Waals surface area contributed by atoms with E-state index in [1.165, 1.54) is 4.57 Å². The second kappa shape index (κ2) is 6.50.